The first kappa shape index (κ1) is 15.9. The molecule has 114 valence electrons. The van der Waals surface area contributed by atoms with Gasteiger partial charge in [0.15, 0.2) is 0 Å². The summed E-state index contributed by atoms with van der Waals surface area (Å²) in [6.07, 6.45) is 0.616. The molecule has 0 saturated carbocycles. The van der Waals surface area contributed by atoms with Crippen molar-refractivity contribution in [1.29, 1.82) is 0 Å². The van der Waals surface area contributed by atoms with Gasteiger partial charge in [-0.25, -0.2) is 4.79 Å². The molecule has 0 aromatic heterocycles. The second kappa shape index (κ2) is 7.47. The predicted molar refractivity (Wildman–Crippen MR) is 87.1 cm³/mol. The number of para-hydroxylation sites is 1. The van der Waals surface area contributed by atoms with E-state index in [0.29, 0.717) is 23.7 Å². The number of amides is 3. The Balaban J connectivity index is 1.89. The van der Waals surface area contributed by atoms with Gasteiger partial charge in [0.1, 0.15) is 0 Å². The van der Waals surface area contributed by atoms with E-state index in [9.17, 15) is 9.59 Å². The summed E-state index contributed by atoms with van der Waals surface area (Å²) in [5.41, 5.74) is 6.87. The van der Waals surface area contributed by atoms with E-state index in [1.54, 1.807) is 30.3 Å². The first-order valence-electron chi connectivity index (χ1n) is 6.75. The van der Waals surface area contributed by atoms with E-state index < -0.39 is 11.9 Å². The van der Waals surface area contributed by atoms with E-state index in [4.69, 9.17) is 17.3 Å². The molecule has 22 heavy (non-hydrogen) atoms. The SMILES string of the molecule is NC(=O)c1ccccc1NC(=O)NCCc1ccccc1Cl. The van der Waals surface area contributed by atoms with Crippen molar-refractivity contribution in [2.24, 2.45) is 5.73 Å². The molecule has 5 nitrogen and oxygen atoms in total. The van der Waals surface area contributed by atoms with Gasteiger partial charge in [-0.1, -0.05) is 41.9 Å². The molecule has 0 saturated heterocycles. The maximum absolute atomic E-state index is 11.9. The minimum Gasteiger partial charge on any atom is -0.366 e. The maximum Gasteiger partial charge on any atom is 0.319 e. The minimum absolute atomic E-state index is 0.267. The van der Waals surface area contributed by atoms with Crippen molar-refractivity contribution in [1.82, 2.24) is 5.32 Å². The number of anilines is 1. The summed E-state index contributed by atoms with van der Waals surface area (Å²) in [6.45, 7) is 0.425. The van der Waals surface area contributed by atoms with E-state index in [1.165, 1.54) is 0 Å². The lowest BCUT2D eigenvalue weighted by atomic mass is 10.1. The smallest absolute Gasteiger partial charge is 0.319 e. The Hall–Kier alpha value is -2.53. The number of hydrogen-bond donors (Lipinski definition) is 3. The number of carbonyl (C=O) groups is 2. The topological polar surface area (TPSA) is 84.2 Å². The van der Waals surface area contributed by atoms with E-state index in [-0.39, 0.29) is 5.56 Å². The summed E-state index contributed by atoms with van der Waals surface area (Å²) in [4.78, 5) is 23.1. The number of halogens is 1. The molecule has 0 spiro atoms. The molecule has 2 aromatic rings. The molecule has 0 atom stereocenters. The van der Waals surface area contributed by atoms with Gasteiger partial charge in [0.05, 0.1) is 11.3 Å². The third-order valence-electron chi connectivity index (χ3n) is 3.08. The van der Waals surface area contributed by atoms with Crippen molar-refractivity contribution < 1.29 is 9.59 Å². The van der Waals surface area contributed by atoms with Crippen LogP contribution in [0.3, 0.4) is 0 Å². The summed E-state index contributed by atoms with van der Waals surface area (Å²) in [5.74, 6) is -0.591. The summed E-state index contributed by atoms with van der Waals surface area (Å²) in [5, 5.41) is 5.99. The van der Waals surface area contributed by atoms with E-state index >= 15 is 0 Å². The molecule has 0 aliphatic rings. The fourth-order valence-electron chi connectivity index (χ4n) is 1.99. The van der Waals surface area contributed by atoms with E-state index in [2.05, 4.69) is 10.6 Å². The molecule has 0 radical (unpaired) electrons. The quantitative estimate of drug-likeness (QED) is 0.792. The van der Waals surface area contributed by atoms with Crippen LogP contribution in [0.4, 0.5) is 10.5 Å². The number of nitrogens with two attached hydrogens (primary N) is 1. The normalized spacial score (nSPS) is 10.0. The number of rotatable bonds is 5. The highest BCUT2D eigenvalue weighted by Crippen LogP contribution is 2.15. The largest absolute Gasteiger partial charge is 0.366 e. The van der Waals surface area contributed by atoms with Gasteiger partial charge in [-0.2, -0.15) is 0 Å². The average molecular weight is 318 g/mol. The number of carbonyl (C=O) groups excluding carboxylic acids is 2. The van der Waals surface area contributed by atoms with Crippen LogP contribution < -0.4 is 16.4 Å². The lowest BCUT2D eigenvalue weighted by Gasteiger charge is -2.10. The van der Waals surface area contributed by atoms with Crippen molar-refractivity contribution in [3.05, 3.63) is 64.7 Å². The molecule has 4 N–H and O–H groups in total. The molecule has 2 aromatic carbocycles. The molecular formula is C16H16ClN3O2. The van der Waals surface area contributed by atoms with Crippen molar-refractivity contribution in [2.75, 3.05) is 11.9 Å². The molecule has 0 aliphatic heterocycles. The number of primary amides is 1. The van der Waals surface area contributed by atoms with Gasteiger partial charge >= 0.3 is 6.03 Å². The van der Waals surface area contributed by atoms with Crippen LogP contribution in [0.1, 0.15) is 15.9 Å². The number of urea groups is 1. The highest BCUT2D eigenvalue weighted by atomic mass is 35.5. The molecular weight excluding hydrogens is 302 g/mol. The first-order chi connectivity index (χ1) is 10.6. The van der Waals surface area contributed by atoms with Crippen LogP contribution in [0.15, 0.2) is 48.5 Å². The Bertz CT molecular complexity index is 689. The second-order valence-corrected chi connectivity index (χ2v) is 5.04. The molecule has 0 heterocycles. The first-order valence-corrected chi connectivity index (χ1v) is 7.13. The van der Waals surface area contributed by atoms with Gasteiger partial charge in [0, 0.05) is 11.6 Å². The predicted octanol–water partition coefficient (Wildman–Crippen LogP) is 2.80. The molecule has 3 amide bonds. The monoisotopic (exact) mass is 317 g/mol. The van der Waals surface area contributed by atoms with Gasteiger partial charge in [-0.3, -0.25) is 4.79 Å². The molecule has 0 bridgehead atoms. The van der Waals surface area contributed by atoms with Crippen LogP contribution in [0, 0.1) is 0 Å². The van der Waals surface area contributed by atoms with Gasteiger partial charge < -0.3 is 16.4 Å². The molecule has 6 heteroatoms. The fourth-order valence-corrected chi connectivity index (χ4v) is 2.22. The Kier molecular flexibility index (Phi) is 5.38. The zero-order valence-corrected chi connectivity index (χ0v) is 12.6. The fraction of sp³-hybridized carbons (Fsp3) is 0.125. The van der Waals surface area contributed by atoms with Gasteiger partial charge in [0.2, 0.25) is 0 Å². The van der Waals surface area contributed by atoms with Crippen molar-refractivity contribution in [3.63, 3.8) is 0 Å². The van der Waals surface area contributed by atoms with Crippen molar-refractivity contribution in [2.45, 2.75) is 6.42 Å². The lowest BCUT2D eigenvalue weighted by molar-refractivity contribution is 0.100. The van der Waals surface area contributed by atoms with Crippen molar-refractivity contribution in [3.8, 4) is 0 Å². The number of nitrogens with one attached hydrogen (secondary N) is 2. The van der Waals surface area contributed by atoms with Crippen LogP contribution in [0.2, 0.25) is 5.02 Å². The zero-order valence-electron chi connectivity index (χ0n) is 11.8. The highest BCUT2D eigenvalue weighted by molar-refractivity contribution is 6.31. The lowest BCUT2D eigenvalue weighted by Crippen LogP contribution is -2.31. The highest BCUT2D eigenvalue weighted by Gasteiger charge is 2.09. The second-order valence-electron chi connectivity index (χ2n) is 4.63. The standard InChI is InChI=1S/C16H16ClN3O2/c17-13-7-3-1-5-11(13)9-10-19-16(22)20-14-8-4-2-6-12(14)15(18)21/h1-8H,9-10H2,(H2,18,21)(H2,19,20,22). The Morgan fingerprint density at radius 2 is 1.73 bits per heavy atom. The maximum atomic E-state index is 11.9. The van der Waals surface area contributed by atoms with Gasteiger partial charge in [-0.05, 0) is 30.2 Å². The third-order valence-corrected chi connectivity index (χ3v) is 3.45. The van der Waals surface area contributed by atoms with Crippen LogP contribution in [-0.2, 0) is 6.42 Å². The van der Waals surface area contributed by atoms with Gasteiger partial charge in [0.25, 0.3) is 5.91 Å². The Morgan fingerprint density at radius 1 is 1.05 bits per heavy atom. The molecule has 0 aliphatic carbocycles. The summed E-state index contributed by atoms with van der Waals surface area (Å²) < 4.78 is 0. The summed E-state index contributed by atoms with van der Waals surface area (Å²) >= 11 is 6.05. The average Bonchev–Trinajstić information content (AvgIpc) is 2.49. The number of benzene rings is 2. The van der Waals surface area contributed by atoms with E-state index in [0.717, 1.165) is 5.56 Å². The van der Waals surface area contributed by atoms with E-state index in [1.807, 2.05) is 18.2 Å². The van der Waals surface area contributed by atoms with Gasteiger partial charge in [-0.15, -0.1) is 0 Å². The van der Waals surface area contributed by atoms with Crippen LogP contribution in [-0.4, -0.2) is 18.5 Å². The Morgan fingerprint density at radius 3 is 2.45 bits per heavy atom. The van der Waals surface area contributed by atoms with Crippen LogP contribution >= 0.6 is 11.6 Å². The Labute approximate surface area is 133 Å². The van der Waals surface area contributed by atoms with Crippen molar-refractivity contribution >= 4 is 29.2 Å². The van der Waals surface area contributed by atoms with Crippen LogP contribution in [0.5, 0.6) is 0 Å². The molecule has 2 rings (SSSR count). The third kappa shape index (κ3) is 4.23. The molecule has 0 unspecified atom stereocenters. The zero-order chi connectivity index (χ0) is 15.9. The minimum atomic E-state index is -0.591. The molecule has 0 fully saturated rings. The van der Waals surface area contributed by atoms with Crippen LogP contribution in [0.25, 0.3) is 0 Å². The number of hydrogen-bond acceptors (Lipinski definition) is 2. The summed E-state index contributed by atoms with van der Waals surface area (Å²) in [6, 6.07) is 13.6. The summed E-state index contributed by atoms with van der Waals surface area (Å²) in [7, 11) is 0.